The van der Waals surface area contributed by atoms with E-state index in [9.17, 15) is 9.59 Å². The number of carbonyl (C=O) groups is 2. The van der Waals surface area contributed by atoms with E-state index in [4.69, 9.17) is 0 Å². The maximum absolute atomic E-state index is 11.3. The van der Waals surface area contributed by atoms with Gasteiger partial charge in [0.25, 0.3) is 11.8 Å². The van der Waals surface area contributed by atoms with E-state index in [1.165, 1.54) is 55.8 Å². The minimum atomic E-state index is -0.157. The largest absolute Gasteiger partial charge is 0.301 e. The van der Waals surface area contributed by atoms with Crippen molar-refractivity contribution in [1.82, 2.24) is 9.80 Å². The van der Waals surface area contributed by atoms with Crippen LogP contribution in [0.15, 0.2) is 12.2 Å². The molecule has 2 aliphatic rings. The smallest absolute Gasteiger partial charge is 0.253 e. The van der Waals surface area contributed by atoms with Crippen molar-refractivity contribution < 1.29 is 9.59 Å². The summed E-state index contributed by atoms with van der Waals surface area (Å²) in [5.41, 5.74) is 0. The molecule has 1 unspecified atom stereocenters. The van der Waals surface area contributed by atoms with E-state index < -0.39 is 0 Å². The fourth-order valence-electron chi connectivity index (χ4n) is 2.91. The number of hydrogen-bond acceptors (Lipinski definition) is 3. The van der Waals surface area contributed by atoms with Crippen LogP contribution in [0.5, 0.6) is 0 Å². The van der Waals surface area contributed by atoms with Crippen LogP contribution in [0.2, 0.25) is 0 Å². The lowest BCUT2D eigenvalue weighted by Crippen LogP contribution is -2.30. The fraction of sp³-hybridized carbons (Fsp3) is 0.733. The average molecular weight is 264 g/mol. The van der Waals surface area contributed by atoms with Gasteiger partial charge in [-0.25, -0.2) is 0 Å². The molecule has 0 radical (unpaired) electrons. The molecule has 0 aromatic rings. The third kappa shape index (κ3) is 3.90. The Hall–Kier alpha value is -1.16. The van der Waals surface area contributed by atoms with Gasteiger partial charge < -0.3 is 4.90 Å². The van der Waals surface area contributed by atoms with E-state index in [0.717, 1.165) is 18.9 Å². The average Bonchev–Trinajstić information content (AvgIpc) is 2.93. The lowest BCUT2D eigenvalue weighted by Gasteiger charge is -2.20. The van der Waals surface area contributed by atoms with Crippen LogP contribution in [0.25, 0.3) is 0 Å². The van der Waals surface area contributed by atoms with Crippen LogP contribution in [0.4, 0.5) is 0 Å². The van der Waals surface area contributed by atoms with Gasteiger partial charge in [0, 0.05) is 24.7 Å². The quantitative estimate of drug-likeness (QED) is 0.521. The second-order valence-corrected chi connectivity index (χ2v) is 5.60. The second-order valence-electron chi connectivity index (χ2n) is 5.60. The normalized spacial score (nSPS) is 23.8. The van der Waals surface area contributed by atoms with Crippen molar-refractivity contribution in [3.05, 3.63) is 12.2 Å². The molecule has 2 aliphatic heterocycles. The molecular weight excluding hydrogens is 240 g/mol. The number of hydrogen-bond donors (Lipinski definition) is 0. The maximum atomic E-state index is 11.3. The molecule has 0 N–H and O–H groups in total. The first-order valence-corrected chi connectivity index (χ1v) is 7.46. The molecule has 0 aromatic carbocycles. The molecule has 0 saturated carbocycles. The Morgan fingerprint density at radius 2 is 1.68 bits per heavy atom. The fourth-order valence-corrected chi connectivity index (χ4v) is 2.91. The van der Waals surface area contributed by atoms with Crippen LogP contribution < -0.4 is 0 Å². The van der Waals surface area contributed by atoms with Gasteiger partial charge in [0.1, 0.15) is 0 Å². The lowest BCUT2D eigenvalue weighted by molar-refractivity contribution is -0.136. The Balaban J connectivity index is 1.51. The summed E-state index contributed by atoms with van der Waals surface area (Å²) in [5.74, 6) is -0.313. The monoisotopic (exact) mass is 264 g/mol. The highest BCUT2D eigenvalue weighted by Gasteiger charge is 2.22. The van der Waals surface area contributed by atoms with E-state index in [-0.39, 0.29) is 11.8 Å². The first-order valence-electron chi connectivity index (χ1n) is 7.46. The van der Waals surface area contributed by atoms with E-state index in [2.05, 4.69) is 11.8 Å². The third-order valence-corrected chi connectivity index (χ3v) is 4.17. The first-order chi connectivity index (χ1) is 9.18. The third-order valence-electron chi connectivity index (χ3n) is 4.17. The van der Waals surface area contributed by atoms with Crippen molar-refractivity contribution >= 4 is 11.8 Å². The molecule has 19 heavy (non-hydrogen) atoms. The summed E-state index contributed by atoms with van der Waals surface area (Å²) in [6, 6.07) is 0.755. The zero-order valence-corrected chi connectivity index (χ0v) is 11.8. The SMILES string of the molecule is CC1CCCN1CCCCCCN1C(=O)C=CC1=O. The van der Waals surface area contributed by atoms with Crippen molar-refractivity contribution in [2.45, 2.75) is 51.5 Å². The highest BCUT2D eigenvalue weighted by molar-refractivity contribution is 6.12. The van der Waals surface area contributed by atoms with Crippen LogP contribution >= 0.6 is 0 Å². The van der Waals surface area contributed by atoms with Gasteiger partial charge in [-0.1, -0.05) is 12.8 Å². The van der Waals surface area contributed by atoms with Crippen molar-refractivity contribution in [1.29, 1.82) is 0 Å². The summed E-state index contributed by atoms with van der Waals surface area (Å²) in [7, 11) is 0. The number of amides is 2. The number of likely N-dealkylation sites (tertiary alicyclic amines) is 1. The molecule has 4 nitrogen and oxygen atoms in total. The van der Waals surface area contributed by atoms with Crippen LogP contribution in [0.3, 0.4) is 0 Å². The van der Waals surface area contributed by atoms with Crippen LogP contribution in [-0.4, -0.2) is 47.3 Å². The number of imide groups is 1. The molecule has 106 valence electrons. The van der Waals surface area contributed by atoms with Gasteiger partial charge in [0.15, 0.2) is 0 Å². The zero-order valence-electron chi connectivity index (χ0n) is 11.8. The van der Waals surface area contributed by atoms with Gasteiger partial charge in [-0.3, -0.25) is 14.5 Å². The maximum Gasteiger partial charge on any atom is 0.253 e. The zero-order chi connectivity index (χ0) is 13.7. The minimum absolute atomic E-state index is 0.157. The van der Waals surface area contributed by atoms with Gasteiger partial charge in [-0.2, -0.15) is 0 Å². The Morgan fingerprint density at radius 1 is 1.05 bits per heavy atom. The Labute approximate surface area is 115 Å². The summed E-state index contributed by atoms with van der Waals surface area (Å²) in [6.45, 7) is 5.34. The van der Waals surface area contributed by atoms with Gasteiger partial charge in [-0.15, -0.1) is 0 Å². The molecular formula is C15H24N2O2. The summed E-state index contributed by atoms with van der Waals surface area (Å²) in [5, 5.41) is 0. The highest BCUT2D eigenvalue weighted by Crippen LogP contribution is 2.17. The highest BCUT2D eigenvalue weighted by atomic mass is 16.2. The molecule has 0 aromatic heterocycles. The topological polar surface area (TPSA) is 40.6 Å². The Bertz CT molecular complexity index is 347. The molecule has 2 rings (SSSR count). The summed E-state index contributed by atoms with van der Waals surface area (Å²) in [4.78, 5) is 26.6. The standard InChI is InChI=1S/C15H24N2O2/c1-13-7-6-11-16(13)10-4-2-3-5-12-17-14(18)8-9-15(17)19/h8-9,13H,2-7,10-12H2,1H3. The molecule has 0 bridgehead atoms. The van der Waals surface area contributed by atoms with Crippen molar-refractivity contribution in [2.75, 3.05) is 19.6 Å². The summed E-state index contributed by atoms with van der Waals surface area (Å²) < 4.78 is 0. The van der Waals surface area contributed by atoms with Gasteiger partial charge in [0.05, 0.1) is 0 Å². The number of carbonyl (C=O) groups excluding carboxylic acids is 2. The molecule has 2 amide bonds. The predicted molar refractivity (Wildman–Crippen MR) is 74.6 cm³/mol. The Morgan fingerprint density at radius 3 is 2.26 bits per heavy atom. The molecule has 2 heterocycles. The summed E-state index contributed by atoms with van der Waals surface area (Å²) >= 11 is 0. The molecule has 4 heteroatoms. The van der Waals surface area contributed by atoms with Crippen molar-refractivity contribution in [3.63, 3.8) is 0 Å². The predicted octanol–water partition coefficient (Wildman–Crippen LogP) is 1.96. The molecule has 1 fully saturated rings. The van der Waals surface area contributed by atoms with E-state index >= 15 is 0 Å². The number of unbranched alkanes of at least 4 members (excludes halogenated alkanes) is 3. The Kier molecular flexibility index (Phi) is 5.14. The van der Waals surface area contributed by atoms with Crippen molar-refractivity contribution in [2.24, 2.45) is 0 Å². The van der Waals surface area contributed by atoms with E-state index in [1.807, 2.05) is 0 Å². The minimum Gasteiger partial charge on any atom is -0.301 e. The van der Waals surface area contributed by atoms with Crippen molar-refractivity contribution in [3.8, 4) is 0 Å². The van der Waals surface area contributed by atoms with Gasteiger partial charge >= 0.3 is 0 Å². The van der Waals surface area contributed by atoms with Gasteiger partial charge in [0.2, 0.25) is 0 Å². The molecule has 0 spiro atoms. The molecule has 1 atom stereocenters. The lowest BCUT2D eigenvalue weighted by atomic mass is 10.1. The molecule has 0 aliphatic carbocycles. The van der Waals surface area contributed by atoms with Crippen LogP contribution in [0, 0.1) is 0 Å². The van der Waals surface area contributed by atoms with E-state index in [1.54, 1.807) is 0 Å². The first kappa shape index (κ1) is 14.3. The van der Waals surface area contributed by atoms with E-state index in [0.29, 0.717) is 6.54 Å². The molecule has 1 saturated heterocycles. The van der Waals surface area contributed by atoms with Gasteiger partial charge in [-0.05, 0) is 45.7 Å². The number of nitrogens with zero attached hydrogens (tertiary/aromatic N) is 2. The van der Waals surface area contributed by atoms with Crippen LogP contribution in [0.1, 0.15) is 45.4 Å². The second kappa shape index (κ2) is 6.85. The number of rotatable bonds is 7. The van der Waals surface area contributed by atoms with Crippen LogP contribution in [-0.2, 0) is 9.59 Å². The summed E-state index contributed by atoms with van der Waals surface area (Å²) in [6.07, 6.45) is 9.83.